The summed E-state index contributed by atoms with van der Waals surface area (Å²) in [5.41, 5.74) is 8.02. The number of aryl methyl sites for hydroxylation is 1. The van der Waals surface area contributed by atoms with Crippen molar-refractivity contribution in [3.8, 4) is 62.9 Å². The van der Waals surface area contributed by atoms with Crippen molar-refractivity contribution in [2.24, 2.45) is 23.3 Å². The number of hydrogen-bond donors (Lipinski definition) is 20. The minimum Gasteiger partial charge on any atom is -0.508 e. The van der Waals surface area contributed by atoms with E-state index in [0.29, 0.717) is 13.0 Å². The maximum absolute atomic E-state index is 16.8. The minimum absolute atomic E-state index is 0. The molecule has 0 spiro atoms. The van der Waals surface area contributed by atoms with Crippen LogP contribution in [0.1, 0.15) is 161 Å². The predicted octanol–water partition coefficient (Wildman–Crippen LogP) is 4.11. The topological polar surface area (TPSA) is 634 Å². The van der Waals surface area contributed by atoms with Gasteiger partial charge in [-0.2, -0.15) is 4.98 Å². The molecule has 142 heavy (non-hydrogen) atoms. The molecule has 2 unspecified atom stereocenters. The molecule has 8 aliphatic heterocycles. The monoisotopic (exact) mass is 2030 g/mol. The first-order valence-electron chi connectivity index (χ1n) is 45.2. The average molecular weight is 2030 g/mol. The summed E-state index contributed by atoms with van der Waals surface area (Å²) in [6, 6.07) is 10.2. The fourth-order valence-electron chi connectivity index (χ4n) is 17.6. The first kappa shape index (κ1) is 109. The number of nitrogens with zero attached hydrogens (tertiary/aromatic N) is 3. The number of halogens is 5. The molecule has 8 aliphatic rings. The number of fused-ring (bicyclic) bond motifs is 15. The Morgan fingerprint density at radius 2 is 1.37 bits per heavy atom. The summed E-state index contributed by atoms with van der Waals surface area (Å²) in [5, 5.41) is 148. The van der Waals surface area contributed by atoms with Gasteiger partial charge in [-0.15, -0.1) is 13.2 Å². The molecule has 7 amide bonds. The van der Waals surface area contributed by atoms with Crippen LogP contribution in [0.5, 0.6) is 51.7 Å². The van der Waals surface area contributed by atoms with Crippen LogP contribution in [0.4, 0.5) is 19.0 Å². The second kappa shape index (κ2) is 46.3. The van der Waals surface area contributed by atoms with Gasteiger partial charge in [0.1, 0.15) is 119 Å². The number of ether oxygens (including phenoxy) is 9. The molecule has 3 saturated heterocycles. The highest BCUT2D eigenvalue weighted by atomic mass is 35.5. The minimum atomic E-state index is -4.98. The summed E-state index contributed by atoms with van der Waals surface area (Å²) in [6.45, 7) is 5.80. The number of benzene rings is 6. The van der Waals surface area contributed by atoms with Gasteiger partial charge in [0, 0.05) is 73.3 Å². The SMILES string of the molecule is C.CN[C@H](CC(C)C)C(=O)NC1C(=O)C[C@@H](CC(N)=O)C(=O)N[C@H]2C(=O)C[C@H]3C(=O)N[C@H](C(=O)N[C@@H](C(=O)NCCCN(C)C)c4cc(O)cc(O)c4-c4cc3ccc4O)[C@H](OC3C[C@](C)(N)[C@@H](O)[C@H](C)O3)c3ccc(c(Cl)c3)Oc3cc2cc(c3O[C@@H]2O[C@H](CO)[C@@H](O[C@@H]3O[C@H](CCCCn4ccc(NC(=O)c5ccc(OC(F)(F)F)cc5)nc4=O)[C@H](O)[C@H](O)[C@H]3O)[C@H](O)[C@H]2O)Oc2ccc(cc2Cl)[C@H]1O. The number of rotatable bonds is 27. The number of anilines is 1. The number of nitrogens with two attached hydrogens (primary N) is 2. The van der Waals surface area contributed by atoms with Crippen molar-refractivity contribution in [2.75, 3.05) is 46.2 Å². The summed E-state index contributed by atoms with van der Waals surface area (Å²) < 4.78 is 94.9. The van der Waals surface area contributed by atoms with Gasteiger partial charge < -0.3 is 152 Å². The van der Waals surface area contributed by atoms with E-state index in [9.17, 15) is 88.5 Å². The van der Waals surface area contributed by atoms with Crippen molar-refractivity contribution < 1.29 is 155 Å². The van der Waals surface area contributed by atoms with Crippen molar-refractivity contribution in [3.63, 3.8) is 0 Å². The predicted molar refractivity (Wildman–Crippen MR) is 496 cm³/mol. The molecular formula is C95H115Cl2F3N12O30. The highest BCUT2D eigenvalue weighted by molar-refractivity contribution is 6.32. The molecule has 770 valence electrons. The van der Waals surface area contributed by atoms with Gasteiger partial charge in [-0.1, -0.05) is 62.7 Å². The van der Waals surface area contributed by atoms with E-state index >= 15 is 28.8 Å². The standard InChI is InChI=1S/C94H111Cl2F3N12O30.CH4/c1-40(2)27-55(102-5)87(129)108-72-58(116)31-47(34-66(100)118)85(127)106-70-46-32-63(134-60-20-15-44(74(72)119)29-53(60)95)81(139-91-79(124)77(122)82(65(39-112)137-91)140-90-78(123)76(121)75(120)62(136-90)11-8-9-25-111-26-22-67(105-92(111)132)104-84(126)42-12-17-49(18-13-42)141-94(97,98)99)64(33-46)135-61-21-16-45(30-54(61)96)80(138-68-38-93(4,101)83(125)41(3)133-68)73-89(131)107-71(88(130)103-23-10-24-110(6)7)52-35-48(113)36-57(115)69(52)51-28-43(14-19-56(51)114)50(37-59(70)117)86(128)109-73;/h12-22,26,28-30,32-33,35-36,40-41,47,50,55,62,65,68,70-80,82-83,90-91,102,112-115,119-125H,8-11,23-25,27,31,34,37-39,101H2,1-7H3,(H2,100,118)(H,103,130)(H,106,127)(H,107,131)(H,108,129)(H,109,128)(H,104,105,126,132);1H4/t41-,47-,50+,55+,62+,65+,68?,70+,71+,72?,73-,74+,75-,76-,77+,78+,79+,80+,82+,83-,90-,91-,93-;/m0./s1. The van der Waals surface area contributed by atoms with Crippen LogP contribution >= 0.6 is 23.2 Å². The molecule has 23 atom stereocenters. The fraction of sp³-hybridized carbons (Fsp3) is 0.484. The van der Waals surface area contributed by atoms with E-state index < -0.39 is 303 Å². The Morgan fingerprint density at radius 3 is 1.99 bits per heavy atom. The lowest BCUT2D eigenvalue weighted by Crippen LogP contribution is -2.64. The van der Waals surface area contributed by atoms with Crippen molar-refractivity contribution in [1.29, 1.82) is 0 Å². The Bertz CT molecular complexity index is 5850. The molecule has 7 aromatic rings. The number of aromatic hydroxyl groups is 3. The zero-order valence-electron chi connectivity index (χ0n) is 77.0. The largest absolute Gasteiger partial charge is 0.573 e. The Morgan fingerprint density at radius 1 is 0.711 bits per heavy atom. The number of aromatic nitrogens is 2. The number of aliphatic hydroxyl groups is 8. The van der Waals surface area contributed by atoms with Gasteiger partial charge in [0.15, 0.2) is 35.6 Å². The molecule has 0 aliphatic carbocycles. The van der Waals surface area contributed by atoms with Crippen molar-refractivity contribution in [1.82, 2.24) is 46.4 Å². The third-order valence-corrected chi connectivity index (χ3v) is 25.6. The molecule has 0 radical (unpaired) electrons. The maximum Gasteiger partial charge on any atom is 0.573 e. The number of ketones is 2. The van der Waals surface area contributed by atoms with E-state index in [1.165, 1.54) is 69.6 Å². The van der Waals surface area contributed by atoms with E-state index in [1.54, 1.807) is 14.1 Å². The smallest absolute Gasteiger partial charge is 0.508 e. The number of phenols is 3. The molecule has 15 rings (SSSR count). The first-order chi connectivity index (χ1) is 66.7. The zero-order valence-corrected chi connectivity index (χ0v) is 78.5. The fourth-order valence-corrected chi connectivity index (χ4v) is 18.1. The number of likely N-dealkylation sites (N-methyl/N-ethyl adjacent to an activating group) is 1. The second-order valence-electron chi connectivity index (χ2n) is 36.3. The molecular weight excluding hydrogens is 1920 g/mol. The third kappa shape index (κ3) is 25.7. The Hall–Kier alpha value is -11.8. The Labute approximate surface area is 820 Å². The molecule has 22 N–H and O–H groups in total. The van der Waals surface area contributed by atoms with Crippen LogP contribution in [0.15, 0.2) is 120 Å². The lowest BCUT2D eigenvalue weighted by atomic mass is 9.84. The Balaban J connectivity index is 0.0000180. The molecule has 11 bridgehead atoms. The van der Waals surface area contributed by atoms with E-state index in [4.69, 9.17) is 72.6 Å². The van der Waals surface area contributed by atoms with E-state index in [0.717, 1.165) is 71.3 Å². The maximum atomic E-state index is 16.8. The van der Waals surface area contributed by atoms with Gasteiger partial charge in [-0.25, -0.2) is 4.79 Å². The zero-order chi connectivity index (χ0) is 102. The van der Waals surface area contributed by atoms with Crippen LogP contribution in [-0.4, -0.2) is 274 Å². The highest BCUT2D eigenvalue weighted by Gasteiger charge is 2.54. The van der Waals surface area contributed by atoms with Gasteiger partial charge >= 0.3 is 12.1 Å². The number of alkyl halides is 3. The van der Waals surface area contributed by atoms with Crippen molar-refractivity contribution in [3.05, 3.63) is 169 Å². The van der Waals surface area contributed by atoms with E-state index in [1.807, 2.05) is 18.7 Å². The third-order valence-electron chi connectivity index (χ3n) is 25.0. The number of carbonyl (C=O) groups excluding carboxylic acids is 9. The molecule has 6 aromatic carbocycles. The summed E-state index contributed by atoms with van der Waals surface area (Å²) in [5.74, 6) is -20.0. The number of carbonyl (C=O) groups is 9. The lowest BCUT2D eigenvalue weighted by molar-refractivity contribution is -0.351. The van der Waals surface area contributed by atoms with Crippen LogP contribution < -0.4 is 73.3 Å². The highest BCUT2D eigenvalue weighted by Crippen LogP contribution is 2.51. The summed E-state index contributed by atoms with van der Waals surface area (Å²) in [4.78, 5) is 155. The molecule has 0 saturated carbocycles. The number of unbranched alkanes of at least 4 members (excludes halogenated alkanes) is 1. The van der Waals surface area contributed by atoms with Crippen LogP contribution in [0.2, 0.25) is 10.0 Å². The average Bonchev–Trinajstić information content (AvgIpc) is 0.759. The van der Waals surface area contributed by atoms with Gasteiger partial charge in [-0.05, 0) is 192 Å². The summed E-state index contributed by atoms with van der Waals surface area (Å²) in [6.07, 6.45) is -35.0. The second-order valence-corrected chi connectivity index (χ2v) is 37.2. The van der Waals surface area contributed by atoms with Crippen molar-refractivity contribution in [2.45, 2.75) is 240 Å². The molecule has 47 heteroatoms. The number of aliphatic hydroxyl groups excluding tert-OH is 8. The van der Waals surface area contributed by atoms with Gasteiger partial charge in [-0.3, -0.25) is 47.7 Å². The Kier molecular flexibility index (Phi) is 35.5. The number of amides is 7. The molecule has 9 heterocycles. The molecule has 1 aromatic heterocycles. The summed E-state index contributed by atoms with van der Waals surface area (Å²) >= 11 is 14.7. The van der Waals surface area contributed by atoms with Gasteiger partial charge in [0.2, 0.25) is 47.5 Å². The van der Waals surface area contributed by atoms with Gasteiger partial charge in [0.25, 0.3) is 5.91 Å². The molecule has 3 fully saturated rings. The number of primary amides is 1. The van der Waals surface area contributed by atoms with E-state index in [-0.39, 0.29) is 97.7 Å². The van der Waals surface area contributed by atoms with Crippen LogP contribution in [0, 0.1) is 11.8 Å². The van der Waals surface area contributed by atoms with E-state index in [2.05, 4.69) is 46.9 Å². The quantitative estimate of drug-likeness (QED) is 0.0322. The van der Waals surface area contributed by atoms with Crippen LogP contribution in [0.25, 0.3) is 11.1 Å². The van der Waals surface area contributed by atoms with Gasteiger partial charge in [0.05, 0.1) is 52.8 Å². The first-order valence-corrected chi connectivity index (χ1v) is 45.9. The van der Waals surface area contributed by atoms with Crippen LogP contribution in [-0.2, 0) is 68.6 Å². The summed E-state index contributed by atoms with van der Waals surface area (Å²) in [7, 11) is 5.04. The normalized spacial score (nSPS) is 27.7. The lowest BCUT2D eigenvalue weighted by Gasteiger charge is -2.46. The van der Waals surface area contributed by atoms with Crippen LogP contribution in [0.3, 0.4) is 0 Å². The number of phenolic OH excluding ortho intramolecular Hbond substituents is 3. The number of nitrogens with one attached hydrogen (secondary N) is 7. The molecule has 42 nitrogen and oxygen atoms in total. The number of hydrogen-bond acceptors (Lipinski definition) is 34. The number of Topliss-reactive ketones (excluding diaryl/α,β-unsaturated/α-hetero) is 2. The van der Waals surface area contributed by atoms with Crippen molar-refractivity contribution >= 4 is 81.9 Å².